The molecular weight excluding hydrogens is 543 g/mol. The molecule has 0 bridgehead atoms. The fourth-order valence-electron chi connectivity index (χ4n) is 5.66. The first-order valence-electron chi connectivity index (χ1n) is 15.3. The standard InChI is InChI=1S/C36H52N2.2CH3.Ni/c1-9-14-19-31(25-38-37)35(20-15-10-2)36(32-21-26(6)28(8)27(7)22-32)33-23-29(16-11-3)34(18-13-5)30(24-33)17-12-4;;;/h21-24H,9-20H2,1-8H3;2*1H3;/q;2*-1;+2. The number of rotatable bonds is 15. The summed E-state index contributed by atoms with van der Waals surface area (Å²) < 4.78 is 0. The molecule has 0 fully saturated rings. The molecule has 0 saturated heterocycles. The third-order valence-electron chi connectivity index (χ3n) is 7.89. The van der Waals surface area contributed by atoms with Crippen molar-refractivity contribution in [2.24, 2.45) is 0 Å². The summed E-state index contributed by atoms with van der Waals surface area (Å²) in [6.45, 7) is 18.0. The maximum Gasteiger partial charge on any atom is 2.00 e. The van der Waals surface area contributed by atoms with E-state index < -0.39 is 0 Å². The molecule has 0 heterocycles. The van der Waals surface area contributed by atoms with E-state index in [1.165, 1.54) is 56.5 Å². The number of allylic oxidation sites excluding steroid dienone is 2. The average molecular weight is 602 g/mol. The van der Waals surface area contributed by atoms with Crippen LogP contribution in [0.4, 0.5) is 0 Å². The second kappa shape index (κ2) is 21.5. The molecule has 0 spiro atoms. The number of benzene rings is 2. The van der Waals surface area contributed by atoms with Gasteiger partial charge < -0.3 is 20.4 Å². The Balaban J connectivity index is 0. The Hall–Kier alpha value is -2.17. The van der Waals surface area contributed by atoms with E-state index in [2.05, 4.69) is 90.3 Å². The molecule has 0 unspecified atom stereocenters. The first kappa shape index (κ1) is 41.0. The maximum atomic E-state index is 9.65. The fraction of sp³-hybridized carbons (Fsp3) is 0.526. The van der Waals surface area contributed by atoms with E-state index in [0.717, 1.165) is 76.2 Å². The van der Waals surface area contributed by atoms with E-state index in [4.69, 9.17) is 0 Å². The molecule has 2 aromatic carbocycles. The molecule has 0 radical (unpaired) electrons. The van der Waals surface area contributed by atoms with Gasteiger partial charge in [0.2, 0.25) is 0 Å². The van der Waals surface area contributed by atoms with Crippen molar-refractivity contribution in [1.29, 1.82) is 0 Å². The van der Waals surface area contributed by atoms with Crippen LogP contribution in [-0.4, -0.2) is 10.7 Å². The van der Waals surface area contributed by atoms with Gasteiger partial charge in [-0.05, 0) is 121 Å². The van der Waals surface area contributed by atoms with Gasteiger partial charge in [-0.2, -0.15) is 0 Å². The van der Waals surface area contributed by atoms with Crippen LogP contribution in [0.3, 0.4) is 0 Å². The first-order chi connectivity index (χ1) is 18.4. The molecule has 2 rings (SSSR count). The smallest absolute Gasteiger partial charge is 0.358 e. The molecule has 0 N–H and O–H groups in total. The van der Waals surface area contributed by atoms with Crippen molar-refractivity contribution in [3.05, 3.63) is 100 Å². The molecule has 230 valence electrons. The molecule has 0 aromatic heterocycles. The number of aryl methyl sites for hydroxylation is 4. The molecule has 0 atom stereocenters. The number of hydrogen-bond donors (Lipinski definition) is 0. The number of hydrogen-bond acceptors (Lipinski definition) is 0. The van der Waals surface area contributed by atoms with Gasteiger partial charge in [-0.3, -0.25) is 0 Å². The van der Waals surface area contributed by atoms with Gasteiger partial charge in [-0.25, -0.2) is 0 Å². The molecular formula is C38H58N2Ni. The molecule has 0 aliphatic carbocycles. The van der Waals surface area contributed by atoms with Crippen molar-refractivity contribution in [3.8, 4) is 0 Å². The van der Waals surface area contributed by atoms with Crippen LogP contribution in [0.5, 0.6) is 0 Å². The van der Waals surface area contributed by atoms with Crippen molar-refractivity contribution in [3.63, 3.8) is 0 Å². The number of nitrogens with zero attached hydrogens (tertiary/aromatic N) is 2. The van der Waals surface area contributed by atoms with Gasteiger partial charge in [-0.1, -0.05) is 91.0 Å². The SMILES string of the molecule is CCCCC(=C=[N+]=[N-])C(CCCC)=C(c1cc(C)c(C)c(C)c1)c1cc(CCC)c(CCC)c(CCC)c1.[CH3-].[CH3-].[Ni+2]. The Bertz CT molecular complexity index is 1140. The minimum Gasteiger partial charge on any atom is -0.358 e. The van der Waals surface area contributed by atoms with E-state index in [0.29, 0.717) is 0 Å². The molecule has 0 aliphatic heterocycles. The van der Waals surface area contributed by atoms with Crippen LogP contribution in [0.15, 0.2) is 35.4 Å². The van der Waals surface area contributed by atoms with E-state index in [-0.39, 0.29) is 31.3 Å². The van der Waals surface area contributed by atoms with Crippen LogP contribution in [0, 0.1) is 35.6 Å². The Morgan fingerprint density at radius 1 is 0.683 bits per heavy atom. The van der Waals surface area contributed by atoms with E-state index >= 15 is 0 Å². The summed E-state index contributed by atoms with van der Waals surface area (Å²) in [5.41, 5.74) is 24.5. The van der Waals surface area contributed by atoms with Crippen molar-refractivity contribution >= 4 is 11.4 Å². The van der Waals surface area contributed by atoms with E-state index in [1.54, 1.807) is 5.56 Å². The van der Waals surface area contributed by atoms with Crippen LogP contribution in [0.1, 0.15) is 137 Å². The quantitative estimate of drug-likeness (QED) is 0.0486. The summed E-state index contributed by atoms with van der Waals surface area (Å²) in [4.78, 5) is 3.45. The Morgan fingerprint density at radius 2 is 1.15 bits per heavy atom. The topological polar surface area (TPSA) is 36.4 Å². The summed E-state index contributed by atoms with van der Waals surface area (Å²) in [6, 6.07) is 9.73. The van der Waals surface area contributed by atoms with Crippen LogP contribution in [0.25, 0.3) is 11.1 Å². The van der Waals surface area contributed by atoms with Gasteiger partial charge >= 0.3 is 22.4 Å². The molecule has 2 nitrogen and oxygen atoms in total. The zero-order valence-corrected chi connectivity index (χ0v) is 29.0. The van der Waals surface area contributed by atoms with Crippen LogP contribution in [0.2, 0.25) is 0 Å². The van der Waals surface area contributed by atoms with Crippen molar-refractivity contribution < 1.29 is 21.3 Å². The van der Waals surface area contributed by atoms with Crippen molar-refractivity contribution in [2.45, 2.75) is 132 Å². The third-order valence-corrected chi connectivity index (χ3v) is 7.89. The van der Waals surface area contributed by atoms with Crippen LogP contribution in [-0.2, 0) is 35.8 Å². The Labute approximate surface area is 264 Å². The number of unbranched alkanes of at least 4 members (excludes halogenated alkanes) is 2. The monoisotopic (exact) mass is 600 g/mol. The maximum absolute atomic E-state index is 9.65. The normalized spacial score (nSPS) is 10.8. The van der Waals surface area contributed by atoms with Gasteiger partial charge in [-0.15, -0.1) is 4.79 Å². The Kier molecular flexibility index (Phi) is 21.5. The van der Waals surface area contributed by atoms with E-state index in [1.807, 2.05) is 0 Å². The summed E-state index contributed by atoms with van der Waals surface area (Å²) in [7, 11) is 0. The molecule has 0 saturated carbocycles. The largest absolute Gasteiger partial charge is 2.00 e. The Morgan fingerprint density at radius 3 is 1.59 bits per heavy atom. The van der Waals surface area contributed by atoms with Gasteiger partial charge in [0.05, 0.1) is 5.57 Å². The second-order valence-corrected chi connectivity index (χ2v) is 11.0. The van der Waals surface area contributed by atoms with Crippen LogP contribution >= 0.6 is 0 Å². The van der Waals surface area contributed by atoms with Crippen molar-refractivity contribution in [1.82, 2.24) is 0 Å². The first-order valence-corrected chi connectivity index (χ1v) is 15.3. The molecule has 3 heteroatoms. The average Bonchev–Trinajstić information content (AvgIpc) is 2.89. The van der Waals surface area contributed by atoms with Gasteiger partial charge in [0.25, 0.3) is 0 Å². The minimum atomic E-state index is 0. The summed E-state index contributed by atoms with van der Waals surface area (Å²) in [6.07, 6.45) is 13.1. The third kappa shape index (κ3) is 11.2. The molecule has 41 heavy (non-hydrogen) atoms. The van der Waals surface area contributed by atoms with Gasteiger partial charge in [0.15, 0.2) is 0 Å². The fourth-order valence-corrected chi connectivity index (χ4v) is 5.66. The molecule has 0 amide bonds. The van der Waals surface area contributed by atoms with E-state index in [9.17, 15) is 5.53 Å². The summed E-state index contributed by atoms with van der Waals surface area (Å²) in [5, 5.41) is 0. The summed E-state index contributed by atoms with van der Waals surface area (Å²) >= 11 is 0. The predicted octanol–water partition coefficient (Wildman–Crippen LogP) is 11.4. The predicted molar refractivity (Wildman–Crippen MR) is 179 cm³/mol. The second-order valence-electron chi connectivity index (χ2n) is 11.0. The molecule has 0 aliphatic rings. The van der Waals surface area contributed by atoms with Crippen LogP contribution < -0.4 is 0 Å². The van der Waals surface area contributed by atoms with Gasteiger partial charge in [0.1, 0.15) is 0 Å². The van der Waals surface area contributed by atoms with Crippen molar-refractivity contribution in [2.75, 3.05) is 0 Å². The zero-order valence-electron chi connectivity index (χ0n) is 28.0. The minimum absolute atomic E-state index is 0. The summed E-state index contributed by atoms with van der Waals surface area (Å²) in [5.74, 6) is 3.04. The zero-order chi connectivity index (χ0) is 28.1. The van der Waals surface area contributed by atoms with Gasteiger partial charge in [0, 0.05) is 0 Å². The molecule has 2 aromatic rings.